The van der Waals surface area contributed by atoms with Crippen LogP contribution in [0.2, 0.25) is 0 Å². The van der Waals surface area contributed by atoms with Gasteiger partial charge in [0.15, 0.2) is 0 Å². The van der Waals surface area contributed by atoms with Crippen molar-refractivity contribution in [1.29, 1.82) is 0 Å². The standard InChI is InChI=1S/C13H19BrN2/c1-3-8-15-9-10-16(2)11-12-6-4-5-7-13(12)14/h3-7,15H,1,8-11H2,2H3. The van der Waals surface area contributed by atoms with E-state index in [1.807, 2.05) is 12.1 Å². The number of likely N-dealkylation sites (N-methyl/N-ethyl adjacent to an activating group) is 1. The van der Waals surface area contributed by atoms with E-state index in [-0.39, 0.29) is 0 Å². The van der Waals surface area contributed by atoms with Crippen LogP contribution in [0.3, 0.4) is 0 Å². The first-order valence-corrected chi connectivity index (χ1v) is 6.27. The van der Waals surface area contributed by atoms with Gasteiger partial charge in [0.2, 0.25) is 0 Å². The summed E-state index contributed by atoms with van der Waals surface area (Å²) < 4.78 is 1.18. The summed E-state index contributed by atoms with van der Waals surface area (Å²) in [5.41, 5.74) is 1.33. The van der Waals surface area contributed by atoms with Gasteiger partial charge in [0, 0.05) is 30.7 Å². The van der Waals surface area contributed by atoms with Crippen molar-refractivity contribution in [3.8, 4) is 0 Å². The number of hydrogen-bond acceptors (Lipinski definition) is 2. The number of hydrogen-bond donors (Lipinski definition) is 1. The topological polar surface area (TPSA) is 15.3 Å². The van der Waals surface area contributed by atoms with E-state index in [4.69, 9.17) is 0 Å². The predicted octanol–water partition coefficient (Wildman–Crippen LogP) is 2.66. The van der Waals surface area contributed by atoms with Gasteiger partial charge in [-0.3, -0.25) is 0 Å². The molecule has 0 aliphatic heterocycles. The lowest BCUT2D eigenvalue weighted by Crippen LogP contribution is -2.29. The molecule has 1 aromatic carbocycles. The molecule has 1 rings (SSSR count). The predicted molar refractivity (Wildman–Crippen MR) is 73.5 cm³/mol. The number of nitrogens with zero attached hydrogens (tertiary/aromatic N) is 1. The van der Waals surface area contributed by atoms with E-state index >= 15 is 0 Å². The van der Waals surface area contributed by atoms with Crippen LogP contribution in [0.4, 0.5) is 0 Å². The highest BCUT2D eigenvalue weighted by Gasteiger charge is 2.02. The molecule has 0 spiro atoms. The van der Waals surface area contributed by atoms with E-state index in [9.17, 15) is 0 Å². The zero-order valence-corrected chi connectivity index (χ0v) is 11.3. The van der Waals surface area contributed by atoms with Crippen LogP contribution in [-0.4, -0.2) is 31.6 Å². The molecule has 0 unspecified atom stereocenters. The highest BCUT2D eigenvalue weighted by molar-refractivity contribution is 9.10. The van der Waals surface area contributed by atoms with Crippen molar-refractivity contribution >= 4 is 15.9 Å². The summed E-state index contributed by atoms with van der Waals surface area (Å²) in [7, 11) is 2.13. The van der Waals surface area contributed by atoms with E-state index in [2.05, 4.69) is 58.0 Å². The zero-order valence-electron chi connectivity index (χ0n) is 9.75. The third-order valence-electron chi connectivity index (χ3n) is 2.36. The molecule has 3 heteroatoms. The SMILES string of the molecule is C=CCNCCN(C)Cc1ccccc1Br. The summed E-state index contributed by atoms with van der Waals surface area (Å²) in [5.74, 6) is 0. The fraction of sp³-hybridized carbons (Fsp3) is 0.385. The number of halogens is 1. The maximum Gasteiger partial charge on any atom is 0.0242 e. The van der Waals surface area contributed by atoms with E-state index < -0.39 is 0 Å². The van der Waals surface area contributed by atoms with Crippen molar-refractivity contribution in [2.75, 3.05) is 26.7 Å². The Morgan fingerprint density at radius 2 is 2.19 bits per heavy atom. The van der Waals surface area contributed by atoms with Crippen molar-refractivity contribution in [2.24, 2.45) is 0 Å². The van der Waals surface area contributed by atoms with Gasteiger partial charge in [-0.05, 0) is 18.7 Å². The fourth-order valence-electron chi connectivity index (χ4n) is 1.47. The first-order chi connectivity index (χ1) is 7.74. The van der Waals surface area contributed by atoms with Gasteiger partial charge in [0.1, 0.15) is 0 Å². The van der Waals surface area contributed by atoms with Crippen molar-refractivity contribution in [2.45, 2.75) is 6.54 Å². The Hall–Kier alpha value is -0.640. The van der Waals surface area contributed by atoms with Crippen LogP contribution < -0.4 is 5.32 Å². The first kappa shape index (κ1) is 13.4. The van der Waals surface area contributed by atoms with Crippen molar-refractivity contribution < 1.29 is 0 Å². The molecule has 0 bridgehead atoms. The second kappa shape index (κ2) is 7.60. The molecule has 0 radical (unpaired) electrons. The van der Waals surface area contributed by atoms with Gasteiger partial charge in [0.25, 0.3) is 0 Å². The number of nitrogens with one attached hydrogen (secondary N) is 1. The van der Waals surface area contributed by atoms with Crippen LogP contribution in [0.5, 0.6) is 0 Å². The number of rotatable bonds is 7. The Labute approximate surface area is 106 Å². The molecule has 0 aliphatic carbocycles. The van der Waals surface area contributed by atoms with Gasteiger partial charge in [-0.2, -0.15) is 0 Å². The molecule has 1 aromatic rings. The Morgan fingerprint density at radius 3 is 2.88 bits per heavy atom. The van der Waals surface area contributed by atoms with Crippen LogP contribution in [0.1, 0.15) is 5.56 Å². The normalized spacial score (nSPS) is 10.7. The second-order valence-electron chi connectivity index (χ2n) is 3.82. The van der Waals surface area contributed by atoms with Crippen LogP contribution >= 0.6 is 15.9 Å². The van der Waals surface area contributed by atoms with Crippen LogP contribution in [0.15, 0.2) is 41.4 Å². The third-order valence-corrected chi connectivity index (χ3v) is 3.13. The average Bonchev–Trinajstić information content (AvgIpc) is 2.28. The van der Waals surface area contributed by atoms with Gasteiger partial charge in [-0.15, -0.1) is 6.58 Å². The highest BCUT2D eigenvalue weighted by atomic mass is 79.9. The van der Waals surface area contributed by atoms with Crippen molar-refractivity contribution in [3.05, 3.63) is 47.0 Å². The van der Waals surface area contributed by atoms with Gasteiger partial charge < -0.3 is 10.2 Å². The van der Waals surface area contributed by atoms with E-state index in [1.54, 1.807) is 0 Å². The summed E-state index contributed by atoms with van der Waals surface area (Å²) in [6, 6.07) is 8.35. The lowest BCUT2D eigenvalue weighted by Gasteiger charge is -2.17. The third kappa shape index (κ3) is 4.92. The van der Waals surface area contributed by atoms with E-state index in [0.29, 0.717) is 0 Å². The van der Waals surface area contributed by atoms with E-state index in [1.165, 1.54) is 10.0 Å². The van der Waals surface area contributed by atoms with Crippen LogP contribution in [0.25, 0.3) is 0 Å². The number of benzene rings is 1. The Balaban J connectivity index is 2.31. The molecule has 0 fully saturated rings. The van der Waals surface area contributed by atoms with Gasteiger partial charge >= 0.3 is 0 Å². The van der Waals surface area contributed by atoms with Crippen LogP contribution in [0, 0.1) is 0 Å². The minimum atomic E-state index is 0.878. The summed E-state index contributed by atoms with van der Waals surface area (Å²) in [6.07, 6.45) is 1.88. The zero-order chi connectivity index (χ0) is 11.8. The average molecular weight is 283 g/mol. The molecular formula is C13H19BrN2. The molecule has 0 atom stereocenters. The largest absolute Gasteiger partial charge is 0.312 e. The molecule has 0 amide bonds. The van der Waals surface area contributed by atoms with Crippen molar-refractivity contribution in [1.82, 2.24) is 10.2 Å². The summed E-state index contributed by atoms with van der Waals surface area (Å²) in [4.78, 5) is 2.30. The summed E-state index contributed by atoms with van der Waals surface area (Å²) in [6.45, 7) is 7.55. The lowest BCUT2D eigenvalue weighted by molar-refractivity contribution is 0.326. The molecule has 2 nitrogen and oxygen atoms in total. The Kier molecular flexibility index (Phi) is 6.38. The molecule has 0 aliphatic rings. The van der Waals surface area contributed by atoms with E-state index in [0.717, 1.165) is 26.2 Å². The second-order valence-corrected chi connectivity index (χ2v) is 4.68. The molecule has 0 saturated carbocycles. The summed E-state index contributed by atoms with van der Waals surface area (Å²) in [5, 5.41) is 3.29. The molecule has 1 N–H and O–H groups in total. The minimum absolute atomic E-state index is 0.878. The minimum Gasteiger partial charge on any atom is -0.312 e. The first-order valence-electron chi connectivity index (χ1n) is 5.47. The smallest absolute Gasteiger partial charge is 0.0242 e. The van der Waals surface area contributed by atoms with Gasteiger partial charge in [-0.25, -0.2) is 0 Å². The highest BCUT2D eigenvalue weighted by Crippen LogP contribution is 2.16. The maximum atomic E-state index is 3.67. The molecule has 88 valence electrons. The summed E-state index contributed by atoms with van der Waals surface area (Å²) >= 11 is 3.56. The molecule has 0 aromatic heterocycles. The lowest BCUT2D eigenvalue weighted by atomic mass is 10.2. The molecular weight excluding hydrogens is 264 g/mol. The molecule has 0 saturated heterocycles. The van der Waals surface area contributed by atoms with Crippen molar-refractivity contribution in [3.63, 3.8) is 0 Å². The quantitative estimate of drug-likeness (QED) is 0.611. The van der Waals surface area contributed by atoms with Crippen LogP contribution in [-0.2, 0) is 6.54 Å². The fourth-order valence-corrected chi connectivity index (χ4v) is 1.88. The maximum absolute atomic E-state index is 3.67. The molecule has 0 heterocycles. The van der Waals surface area contributed by atoms with Gasteiger partial charge in [-0.1, -0.05) is 40.2 Å². The Morgan fingerprint density at radius 1 is 1.44 bits per heavy atom. The Bertz CT molecular complexity index is 325. The molecule has 16 heavy (non-hydrogen) atoms. The van der Waals surface area contributed by atoms with Gasteiger partial charge in [0.05, 0.1) is 0 Å². The monoisotopic (exact) mass is 282 g/mol.